The molecular weight excluding hydrogens is 496 g/mol. The molecule has 2 saturated heterocycles. The van der Waals surface area contributed by atoms with Crippen LogP contribution in [0.3, 0.4) is 0 Å². The molecule has 1 aliphatic carbocycles. The summed E-state index contributed by atoms with van der Waals surface area (Å²) in [5.41, 5.74) is 7.16. The Hall–Kier alpha value is -3.48. The number of morpholine rings is 1. The lowest BCUT2D eigenvalue weighted by atomic mass is 9.90. The maximum absolute atomic E-state index is 13.4. The van der Waals surface area contributed by atoms with E-state index in [1.807, 2.05) is 23.1 Å². The summed E-state index contributed by atoms with van der Waals surface area (Å²) in [7, 11) is -3.66. The predicted octanol–water partition coefficient (Wildman–Crippen LogP) is 2.26. The van der Waals surface area contributed by atoms with Gasteiger partial charge in [-0.25, -0.2) is 13.2 Å². The summed E-state index contributed by atoms with van der Waals surface area (Å²) < 4.78 is 34.2. The van der Waals surface area contributed by atoms with Crippen molar-refractivity contribution < 1.29 is 22.7 Å². The van der Waals surface area contributed by atoms with E-state index in [1.165, 1.54) is 4.31 Å². The third-order valence-electron chi connectivity index (χ3n) is 7.53. The number of piperidine rings is 1. The fourth-order valence-electron chi connectivity index (χ4n) is 5.28. The lowest BCUT2D eigenvalue weighted by molar-refractivity contribution is -0.170. The highest BCUT2D eigenvalue weighted by Crippen LogP contribution is 2.37. The van der Waals surface area contributed by atoms with Crippen LogP contribution in [0.4, 0.5) is 10.6 Å². The number of carbonyl (C=O) groups excluding carboxylic acids is 2. The van der Waals surface area contributed by atoms with E-state index in [0.717, 1.165) is 29.4 Å². The van der Waals surface area contributed by atoms with Gasteiger partial charge in [-0.05, 0) is 61.1 Å². The quantitative estimate of drug-likeness (QED) is 0.466. The van der Waals surface area contributed by atoms with Crippen molar-refractivity contribution in [3.05, 3.63) is 42.5 Å². The van der Waals surface area contributed by atoms with E-state index in [2.05, 4.69) is 15.5 Å². The number of nitrogens with zero attached hydrogens (tertiary/aromatic N) is 3. The zero-order valence-corrected chi connectivity index (χ0v) is 21.0. The van der Waals surface area contributed by atoms with Gasteiger partial charge >= 0.3 is 6.03 Å². The van der Waals surface area contributed by atoms with Crippen molar-refractivity contribution in [3.8, 4) is 11.1 Å². The average molecular weight is 525 g/mol. The molecule has 0 unspecified atom stereocenters. The number of hydrogen-bond donors (Lipinski definition) is 3. The number of carbonyl (C=O) groups is 2. The molecule has 12 heteroatoms. The molecule has 3 aromatic rings. The first-order valence-electron chi connectivity index (χ1n) is 12.3. The molecular formula is C25H28N6O5S. The van der Waals surface area contributed by atoms with Crippen LogP contribution < -0.4 is 11.1 Å². The first-order chi connectivity index (χ1) is 17.7. The minimum atomic E-state index is -3.66. The fourth-order valence-corrected chi connectivity index (χ4v) is 6.72. The Morgan fingerprint density at radius 3 is 2.49 bits per heavy atom. The minimum absolute atomic E-state index is 0.0395. The van der Waals surface area contributed by atoms with Gasteiger partial charge in [0.1, 0.15) is 6.61 Å². The van der Waals surface area contributed by atoms with Crippen molar-refractivity contribution in [2.24, 2.45) is 5.73 Å². The summed E-state index contributed by atoms with van der Waals surface area (Å²) in [5.74, 6) is 0.391. The number of H-pyrrole nitrogens is 1. The molecule has 3 amide bonds. The second kappa shape index (κ2) is 8.82. The van der Waals surface area contributed by atoms with Crippen LogP contribution in [0.1, 0.15) is 25.7 Å². The summed E-state index contributed by atoms with van der Waals surface area (Å²) >= 11 is 0. The predicted molar refractivity (Wildman–Crippen MR) is 136 cm³/mol. The van der Waals surface area contributed by atoms with Crippen molar-refractivity contribution in [2.45, 2.75) is 42.2 Å². The van der Waals surface area contributed by atoms with Crippen LogP contribution in [0.25, 0.3) is 22.0 Å². The number of rotatable bonds is 5. The van der Waals surface area contributed by atoms with Gasteiger partial charge in [0.05, 0.1) is 22.6 Å². The van der Waals surface area contributed by atoms with E-state index in [0.29, 0.717) is 49.9 Å². The number of fused-ring (bicyclic) bond motifs is 1. The van der Waals surface area contributed by atoms with Gasteiger partial charge in [-0.15, -0.1) is 0 Å². The number of sulfonamides is 1. The molecule has 0 radical (unpaired) electrons. The highest BCUT2D eigenvalue weighted by atomic mass is 32.2. The smallest absolute Gasteiger partial charge is 0.317 e. The van der Waals surface area contributed by atoms with Gasteiger partial charge in [0, 0.05) is 24.5 Å². The monoisotopic (exact) mass is 524 g/mol. The van der Waals surface area contributed by atoms with Gasteiger partial charge in [-0.2, -0.15) is 9.40 Å². The van der Waals surface area contributed by atoms with Gasteiger partial charge in [0.2, 0.25) is 15.9 Å². The molecule has 4 N–H and O–H groups in total. The number of ether oxygens (including phenoxy) is 1. The Kier molecular flexibility index (Phi) is 5.70. The molecule has 0 atom stereocenters. The molecule has 1 saturated carbocycles. The second-order valence-electron chi connectivity index (χ2n) is 9.97. The number of amides is 3. The van der Waals surface area contributed by atoms with Crippen LogP contribution in [-0.4, -0.2) is 77.6 Å². The van der Waals surface area contributed by atoms with Crippen LogP contribution in [0.5, 0.6) is 0 Å². The Balaban J connectivity index is 1.15. The molecule has 37 heavy (non-hydrogen) atoms. The molecule has 2 aliphatic heterocycles. The minimum Gasteiger partial charge on any atom is -0.363 e. The second-order valence-corrected chi connectivity index (χ2v) is 11.9. The summed E-state index contributed by atoms with van der Waals surface area (Å²) in [6.45, 7) is 1.35. The standard InChI is InChI=1S/C25H28N6O5S/c26-24(33)27-23-20-8-3-17(13-21(20)28-29-23)16-1-6-19(7-2-16)37(34,35)30-11-9-25(10-12-30)15-31(18-4-5-18)22(32)14-36-25/h1-3,6-8,13,18H,4-5,9-12,14-15H2,(H4,26,27,28,29,33). The number of benzene rings is 2. The van der Waals surface area contributed by atoms with Crippen LogP contribution >= 0.6 is 0 Å². The number of aromatic nitrogens is 2. The maximum Gasteiger partial charge on any atom is 0.317 e. The zero-order valence-electron chi connectivity index (χ0n) is 20.1. The first-order valence-corrected chi connectivity index (χ1v) is 13.8. The Morgan fingerprint density at radius 2 is 1.81 bits per heavy atom. The van der Waals surface area contributed by atoms with E-state index < -0.39 is 21.7 Å². The van der Waals surface area contributed by atoms with Crippen molar-refractivity contribution in [1.82, 2.24) is 19.4 Å². The van der Waals surface area contributed by atoms with Crippen molar-refractivity contribution in [2.75, 3.05) is 31.6 Å². The summed E-state index contributed by atoms with van der Waals surface area (Å²) in [4.78, 5) is 25.5. The van der Waals surface area contributed by atoms with Gasteiger partial charge in [-0.3, -0.25) is 15.2 Å². The van der Waals surface area contributed by atoms with Crippen LogP contribution in [-0.2, 0) is 19.6 Å². The summed E-state index contributed by atoms with van der Waals surface area (Å²) in [5, 5.41) is 10.1. The number of nitrogens with two attached hydrogens (primary N) is 1. The van der Waals surface area contributed by atoms with E-state index in [1.54, 1.807) is 24.3 Å². The van der Waals surface area contributed by atoms with E-state index in [-0.39, 0.29) is 17.4 Å². The van der Waals surface area contributed by atoms with Crippen LogP contribution in [0.2, 0.25) is 0 Å². The average Bonchev–Trinajstić information content (AvgIpc) is 3.67. The van der Waals surface area contributed by atoms with Crippen molar-refractivity contribution in [1.29, 1.82) is 0 Å². The normalized spacial score (nSPS) is 20.4. The van der Waals surface area contributed by atoms with Crippen molar-refractivity contribution in [3.63, 3.8) is 0 Å². The van der Waals surface area contributed by atoms with Crippen molar-refractivity contribution >= 4 is 38.7 Å². The fraction of sp³-hybridized carbons (Fsp3) is 0.400. The number of primary amides is 1. The highest BCUT2D eigenvalue weighted by Gasteiger charge is 2.47. The molecule has 2 aromatic carbocycles. The molecule has 3 aliphatic rings. The highest BCUT2D eigenvalue weighted by molar-refractivity contribution is 7.89. The Bertz CT molecular complexity index is 1470. The zero-order chi connectivity index (χ0) is 25.8. The largest absolute Gasteiger partial charge is 0.363 e. The molecule has 3 heterocycles. The molecule has 194 valence electrons. The third-order valence-corrected chi connectivity index (χ3v) is 9.44. The summed E-state index contributed by atoms with van der Waals surface area (Å²) in [6.07, 6.45) is 3.22. The summed E-state index contributed by atoms with van der Waals surface area (Å²) in [6, 6.07) is 12.0. The molecule has 6 rings (SSSR count). The molecule has 3 fully saturated rings. The Labute approximate surface area is 214 Å². The number of hydrogen-bond acceptors (Lipinski definition) is 6. The van der Waals surface area contributed by atoms with Gasteiger partial charge < -0.3 is 15.4 Å². The van der Waals surface area contributed by atoms with Crippen LogP contribution in [0, 0.1) is 0 Å². The Morgan fingerprint density at radius 1 is 1.11 bits per heavy atom. The number of urea groups is 1. The topological polar surface area (TPSA) is 151 Å². The van der Waals surface area contributed by atoms with E-state index in [9.17, 15) is 18.0 Å². The van der Waals surface area contributed by atoms with Crippen LogP contribution in [0.15, 0.2) is 47.4 Å². The van der Waals surface area contributed by atoms with Gasteiger partial charge in [0.25, 0.3) is 0 Å². The molecule has 11 nitrogen and oxygen atoms in total. The lowest BCUT2D eigenvalue weighted by Crippen LogP contribution is -2.59. The van der Waals surface area contributed by atoms with E-state index in [4.69, 9.17) is 10.5 Å². The van der Waals surface area contributed by atoms with Gasteiger partial charge in [0.15, 0.2) is 5.82 Å². The number of nitrogens with one attached hydrogen (secondary N) is 2. The molecule has 1 aromatic heterocycles. The SMILES string of the molecule is NC(=O)Nc1n[nH]c2cc(-c3ccc(S(=O)(=O)N4CCC5(CC4)CN(C4CC4)C(=O)CO5)cc3)ccc12. The lowest BCUT2D eigenvalue weighted by Gasteiger charge is -2.46. The maximum atomic E-state index is 13.4. The third kappa shape index (κ3) is 4.45. The number of anilines is 1. The van der Waals surface area contributed by atoms with E-state index >= 15 is 0 Å². The first kappa shape index (κ1) is 23.9. The molecule has 0 bridgehead atoms. The number of aromatic amines is 1. The van der Waals surface area contributed by atoms with Gasteiger partial charge in [-0.1, -0.05) is 18.2 Å². The molecule has 1 spiro atoms.